The van der Waals surface area contributed by atoms with E-state index in [1.807, 2.05) is 12.1 Å². The number of piperidine rings is 3. The van der Waals surface area contributed by atoms with Crippen LogP contribution in [0.4, 0.5) is 17.6 Å². The molecule has 3 saturated heterocycles. The van der Waals surface area contributed by atoms with Gasteiger partial charge in [-0.05, 0) is 60.1 Å². The standard InChI is InChI=1S/C34H38Cl2F4N3O/c35-28-8-6-23(21-29(28)36)25(10-16-43-17-11-33(12-18-43,13-19-43)26-4-2-1-3-5-26)22-42-15-14-41-32(42)31(44)24-7-9-30(37)27(20-24)34(38,39)40/h6-9,14-15,20-21,25-26H,1-5,10-13,16-19,22H2/q+1. The largest absolute Gasteiger partial charge is 0.419 e. The van der Waals surface area contributed by atoms with Crippen LogP contribution in [0.5, 0.6) is 0 Å². The Hall–Kier alpha value is -2.42. The van der Waals surface area contributed by atoms with Crippen LogP contribution in [0.2, 0.25) is 10.0 Å². The van der Waals surface area contributed by atoms with Gasteiger partial charge in [0.15, 0.2) is 5.82 Å². The van der Waals surface area contributed by atoms with E-state index in [1.54, 1.807) is 16.8 Å². The molecular weight excluding hydrogens is 613 g/mol. The number of carbonyl (C=O) groups excluding carboxylic acids is 1. The highest BCUT2D eigenvalue weighted by atomic mass is 35.5. The average Bonchev–Trinajstić information content (AvgIpc) is 3.49. The van der Waals surface area contributed by atoms with Gasteiger partial charge in [0.1, 0.15) is 5.82 Å². The number of hydrogen-bond donors (Lipinski definition) is 0. The molecule has 2 bridgehead atoms. The van der Waals surface area contributed by atoms with Crippen LogP contribution in [0.1, 0.15) is 91.0 Å². The summed E-state index contributed by atoms with van der Waals surface area (Å²) in [5.74, 6) is -1.26. The first-order valence-corrected chi connectivity index (χ1v) is 16.5. The van der Waals surface area contributed by atoms with Crippen LogP contribution in [0, 0.1) is 17.2 Å². The first-order valence-electron chi connectivity index (χ1n) is 15.7. The van der Waals surface area contributed by atoms with Crippen molar-refractivity contribution in [1.82, 2.24) is 9.55 Å². The molecule has 4 fully saturated rings. The predicted molar refractivity (Wildman–Crippen MR) is 163 cm³/mol. The third-order valence-corrected chi connectivity index (χ3v) is 11.7. The number of imidazole rings is 1. The van der Waals surface area contributed by atoms with Gasteiger partial charge in [-0.3, -0.25) is 4.79 Å². The number of alkyl halides is 3. The number of ketones is 1. The van der Waals surface area contributed by atoms with Gasteiger partial charge < -0.3 is 9.05 Å². The Bertz CT molecular complexity index is 1490. The van der Waals surface area contributed by atoms with Crippen LogP contribution >= 0.6 is 23.2 Å². The Morgan fingerprint density at radius 3 is 2.36 bits per heavy atom. The van der Waals surface area contributed by atoms with Crippen LogP contribution in [-0.4, -0.2) is 46.0 Å². The number of aromatic nitrogens is 2. The minimum absolute atomic E-state index is 0.00930. The van der Waals surface area contributed by atoms with E-state index < -0.39 is 23.3 Å². The Labute approximate surface area is 266 Å². The lowest BCUT2D eigenvalue weighted by Gasteiger charge is -2.58. The Kier molecular flexibility index (Phi) is 8.90. The van der Waals surface area contributed by atoms with Gasteiger partial charge in [0.25, 0.3) is 0 Å². The molecule has 3 aromatic rings. The van der Waals surface area contributed by atoms with Crippen molar-refractivity contribution in [3.63, 3.8) is 0 Å². The molecule has 1 unspecified atom stereocenters. The second kappa shape index (κ2) is 12.4. The summed E-state index contributed by atoms with van der Waals surface area (Å²) >= 11 is 12.7. The number of quaternary nitrogens is 1. The highest BCUT2D eigenvalue weighted by molar-refractivity contribution is 6.42. The molecule has 1 saturated carbocycles. The number of hydrogen-bond acceptors (Lipinski definition) is 2. The van der Waals surface area contributed by atoms with Crippen molar-refractivity contribution in [2.75, 3.05) is 26.2 Å². The number of carbonyl (C=O) groups is 1. The minimum Gasteiger partial charge on any atom is -0.328 e. The second-order valence-corrected chi connectivity index (χ2v) is 14.1. The number of benzene rings is 2. The fraction of sp³-hybridized carbons (Fsp3) is 0.529. The minimum atomic E-state index is -4.92. The number of fused-ring (bicyclic) bond motifs is 3. The van der Waals surface area contributed by atoms with Crippen LogP contribution < -0.4 is 0 Å². The third kappa shape index (κ3) is 6.32. The van der Waals surface area contributed by atoms with Crippen molar-refractivity contribution in [2.24, 2.45) is 11.3 Å². The summed E-state index contributed by atoms with van der Waals surface area (Å²) in [6.07, 6.45) is 9.87. The van der Waals surface area contributed by atoms with Gasteiger partial charge in [0.2, 0.25) is 5.78 Å². The number of halogens is 6. The number of rotatable bonds is 9. The monoisotopic (exact) mass is 650 g/mol. The summed E-state index contributed by atoms with van der Waals surface area (Å²) in [5.41, 5.74) is -0.225. The Morgan fingerprint density at radius 1 is 1.00 bits per heavy atom. The molecule has 0 N–H and O–H groups in total. The fourth-order valence-electron chi connectivity index (χ4n) is 8.23. The quantitative estimate of drug-likeness (QED) is 0.131. The van der Waals surface area contributed by atoms with E-state index in [0.717, 1.165) is 35.0 Å². The molecule has 4 heterocycles. The van der Waals surface area contributed by atoms with E-state index in [2.05, 4.69) is 4.98 Å². The van der Waals surface area contributed by atoms with Crippen molar-refractivity contribution < 1.29 is 26.8 Å². The zero-order chi connectivity index (χ0) is 31.1. The van der Waals surface area contributed by atoms with Gasteiger partial charge in [-0.2, -0.15) is 13.2 Å². The van der Waals surface area contributed by atoms with E-state index in [4.69, 9.17) is 23.2 Å². The van der Waals surface area contributed by atoms with Gasteiger partial charge in [-0.1, -0.05) is 48.5 Å². The molecule has 0 spiro atoms. The summed E-state index contributed by atoms with van der Waals surface area (Å²) in [4.78, 5) is 17.6. The maximum Gasteiger partial charge on any atom is 0.419 e. The summed E-state index contributed by atoms with van der Waals surface area (Å²) in [5, 5.41) is 0.903. The Morgan fingerprint density at radius 2 is 1.70 bits per heavy atom. The topological polar surface area (TPSA) is 34.9 Å². The molecule has 3 aliphatic heterocycles. The molecule has 1 aromatic heterocycles. The maximum atomic E-state index is 13.9. The van der Waals surface area contributed by atoms with Crippen molar-refractivity contribution in [2.45, 2.75) is 76.4 Å². The van der Waals surface area contributed by atoms with E-state index in [-0.39, 0.29) is 17.3 Å². The maximum absolute atomic E-state index is 13.9. The SMILES string of the molecule is O=C(c1ccc(F)c(C(F)(F)F)c1)c1nccn1CC(CC[N+]12CCC(C3CCCCC3)(CC1)CC2)c1ccc(Cl)c(Cl)c1. The lowest BCUT2D eigenvalue weighted by Crippen LogP contribution is -2.63. The highest BCUT2D eigenvalue weighted by Crippen LogP contribution is 2.53. The van der Waals surface area contributed by atoms with Crippen LogP contribution in [-0.2, 0) is 12.7 Å². The van der Waals surface area contributed by atoms with Crippen LogP contribution in [0.25, 0.3) is 0 Å². The summed E-state index contributed by atoms with van der Waals surface area (Å²) in [7, 11) is 0. The summed E-state index contributed by atoms with van der Waals surface area (Å²) in [6.45, 7) is 4.98. The lowest BCUT2D eigenvalue weighted by atomic mass is 9.59. The molecular formula is C34H38Cl2F4N3O+. The molecule has 10 heteroatoms. The first kappa shape index (κ1) is 31.6. The molecule has 236 valence electrons. The lowest BCUT2D eigenvalue weighted by molar-refractivity contribution is -0.946. The normalized spacial score (nSPS) is 24.9. The predicted octanol–water partition coefficient (Wildman–Crippen LogP) is 9.33. The van der Waals surface area contributed by atoms with Crippen molar-refractivity contribution in [1.29, 1.82) is 0 Å². The van der Waals surface area contributed by atoms with E-state index >= 15 is 0 Å². The third-order valence-electron chi connectivity index (χ3n) is 11.0. The molecule has 1 atom stereocenters. The van der Waals surface area contributed by atoms with Gasteiger partial charge in [-0.15, -0.1) is 0 Å². The van der Waals surface area contributed by atoms with Gasteiger partial charge in [0, 0.05) is 56.1 Å². The second-order valence-electron chi connectivity index (χ2n) is 13.3. The van der Waals surface area contributed by atoms with Crippen LogP contribution in [0.15, 0.2) is 48.8 Å². The first-order chi connectivity index (χ1) is 21.0. The average molecular weight is 652 g/mol. The molecule has 1 aliphatic carbocycles. The van der Waals surface area contributed by atoms with E-state index in [1.165, 1.54) is 77.2 Å². The molecule has 2 aromatic carbocycles. The summed E-state index contributed by atoms with van der Waals surface area (Å²) in [6, 6.07) is 7.89. The zero-order valence-electron chi connectivity index (χ0n) is 24.7. The van der Waals surface area contributed by atoms with E-state index in [0.29, 0.717) is 34.1 Å². The Balaban J connectivity index is 1.21. The molecule has 4 aliphatic rings. The van der Waals surface area contributed by atoms with Gasteiger partial charge in [-0.25, -0.2) is 9.37 Å². The molecule has 4 nitrogen and oxygen atoms in total. The van der Waals surface area contributed by atoms with Crippen molar-refractivity contribution >= 4 is 29.0 Å². The van der Waals surface area contributed by atoms with Crippen LogP contribution in [0.3, 0.4) is 0 Å². The molecule has 44 heavy (non-hydrogen) atoms. The molecule has 7 rings (SSSR count). The molecule has 0 amide bonds. The molecule has 0 radical (unpaired) electrons. The fourth-order valence-corrected chi connectivity index (χ4v) is 8.53. The van der Waals surface area contributed by atoms with Crippen molar-refractivity contribution in [3.05, 3.63) is 87.2 Å². The van der Waals surface area contributed by atoms with Crippen molar-refractivity contribution in [3.8, 4) is 0 Å². The smallest absolute Gasteiger partial charge is 0.328 e. The van der Waals surface area contributed by atoms with E-state index in [9.17, 15) is 22.4 Å². The highest BCUT2D eigenvalue weighted by Gasteiger charge is 2.52. The summed E-state index contributed by atoms with van der Waals surface area (Å²) < 4.78 is 56.8. The zero-order valence-corrected chi connectivity index (χ0v) is 26.2. The van der Waals surface area contributed by atoms with Gasteiger partial charge in [0.05, 0.1) is 41.8 Å². The number of nitrogens with zero attached hydrogens (tertiary/aromatic N) is 3. The van der Waals surface area contributed by atoms with Gasteiger partial charge >= 0.3 is 6.18 Å².